The Kier molecular flexibility index (Phi) is 4.71. The van der Waals surface area contributed by atoms with Gasteiger partial charge in [0, 0.05) is 13.1 Å². The smallest absolute Gasteiger partial charge is 0.215 e. The molecule has 1 saturated carbocycles. The van der Waals surface area contributed by atoms with Crippen molar-refractivity contribution in [3.63, 3.8) is 0 Å². The van der Waals surface area contributed by atoms with Gasteiger partial charge < -0.3 is 10.6 Å². The molecule has 0 radical (unpaired) electrons. The number of sulfonamides is 1. The third-order valence-electron chi connectivity index (χ3n) is 4.68. The number of hydrogen-bond acceptors (Lipinski definition) is 4. The molecular weight excluding hydrogens is 276 g/mol. The first-order chi connectivity index (χ1) is 9.36. The zero-order chi connectivity index (χ0) is 14.8. The molecule has 7 heteroatoms. The van der Waals surface area contributed by atoms with E-state index in [9.17, 15) is 8.42 Å². The second-order valence-corrected chi connectivity index (χ2v) is 8.17. The second kappa shape index (κ2) is 5.99. The van der Waals surface area contributed by atoms with Crippen LogP contribution < -0.4 is 10.5 Å². The maximum Gasteiger partial charge on any atom is 0.215 e. The van der Waals surface area contributed by atoms with Crippen molar-refractivity contribution < 1.29 is 8.42 Å². The lowest BCUT2D eigenvalue weighted by Crippen LogP contribution is -2.62. The summed E-state index contributed by atoms with van der Waals surface area (Å²) in [5, 5.41) is 7.52. The summed E-state index contributed by atoms with van der Waals surface area (Å²) in [5.41, 5.74) is 4.85. The van der Waals surface area contributed by atoms with E-state index in [1.54, 1.807) is 0 Å². The van der Waals surface area contributed by atoms with Crippen LogP contribution in [0.3, 0.4) is 0 Å². The van der Waals surface area contributed by atoms with Crippen molar-refractivity contribution in [2.45, 2.75) is 55.7 Å². The summed E-state index contributed by atoms with van der Waals surface area (Å²) in [7, 11) is -1.39. The van der Waals surface area contributed by atoms with Crippen molar-refractivity contribution in [1.29, 1.82) is 5.41 Å². The topological polar surface area (TPSA) is 99.3 Å². The molecule has 0 aromatic carbocycles. The van der Waals surface area contributed by atoms with Crippen molar-refractivity contribution in [3.8, 4) is 0 Å². The number of nitrogens with zero attached hydrogens (tertiary/aromatic N) is 1. The van der Waals surface area contributed by atoms with Crippen molar-refractivity contribution in [2.24, 2.45) is 5.73 Å². The Balaban J connectivity index is 2.13. The van der Waals surface area contributed by atoms with E-state index in [4.69, 9.17) is 11.1 Å². The van der Waals surface area contributed by atoms with Crippen LogP contribution in [0.4, 0.5) is 0 Å². The highest BCUT2D eigenvalue weighted by molar-refractivity contribution is 7.90. The number of hydrogen-bond donors (Lipinski definition) is 3. The highest BCUT2D eigenvalue weighted by Crippen LogP contribution is 2.28. The number of rotatable bonds is 4. The molecule has 0 aromatic rings. The van der Waals surface area contributed by atoms with Crippen molar-refractivity contribution in [1.82, 2.24) is 9.62 Å². The molecule has 4 N–H and O–H groups in total. The number of nitrogens with one attached hydrogen (secondary N) is 2. The number of amidine groups is 1. The van der Waals surface area contributed by atoms with E-state index in [0.29, 0.717) is 12.8 Å². The Hall–Kier alpha value is -0.660. The minimum atomic E-state index is -3.39. The molecule has 1 heterocycles. The molecule has 2 rings (SSSR count). The standard InChI is InChI=1S/C13H26N4O2S/c1-17-9-7-13(8-10-17,12(14)15)16-20(18,19)11-5-3-2-4-6-11/h11,16H,2-10H2,1H3,(H3,14,15). The van der Waals surface area contributed by atoms with E-state index >= 15 is 0 Å². The van der Waals surface area contributed by atoms with Crippen LogP contribution in [-0.2, 0) is 10.0 Å². The number of nitrogens with two attached hydrogens (primary N) is 1. The molecule has 0 unspecified atom stereocenters. The average molecular weight is 302 g/mol. The predicted molar refractivity (Wildman–Crippen MR) is 80.3 cm³/mol. The van der Waals surface area contributed by atoms with Crippen molar-refractivity contribution in [3.05, 3.63) is 0 Å². The van der Waals surface area contributed by atoms with Gasteiger partial charge in [-0.15, -0.1) is 0 Å². The van der Waals surface area contributed by atoms with Crippen LogP contribution in [0.2, 0.25) is 0 Å². The highest BCUT2D eigenvalue weighted by Gasteiger charge is 2.42. The third kappa shape index (κ3) is 3.32. The van der Waals surface area contributed by atoms with E-state index in [0.717, 1.165) is 45.2 Å². The summed E-state index contributed by atoms with van der Waals surface area (Å²) in [5.74, 6) is -0.0509. The normalized spacial score (nSPS) is 25.4. The summed E-state index contributed by atoms with van der Waals surface area (Å²) in [4.78, 5) is 2.14. The fourth-order valence-corrected chi connectivity index (χ4v) is 5.14. The molecule has 6 nitrogen and oxygen atoms in total. The molecule has 1 aliphatic carbocycles. The minimum absolute atomic E-state index is 0.0509. The van der Waals surface area contributed by atoms with Gasteiger partial charge in [-0.05, 0) is 32.7 Å². The monoisotopic (exact) mass is 302 g/mol. The molecule has 0 bridgehead atoms. The fourth-order valence-electron chi connectivity index (χ4n) is 3.16. The van der Waals surface area contributed by atoms with Crippen LogP contribution in [0.15, 0.2) is 0 Å². The van der Waals surface area contributed by atoms with Crippen LogP contribution in [0, 0.1) is 5.41 Å². The first-order valence-corrected chi connectivity index (χ1v) is 8.96. The largest absolute Gasteiger partial charge is 0.386 e. The van der Waals surface area contributed by atoms with Gasteiger partial charge in [0.1, 0.15) is 5.84 Å². The molecule has 1 aliphatic heterocycles. The average Bonchev–Trinajstić information content (AvgIpc) is 2.42. The van der Waals surface area contributed by atoms with E-state index in [-0.39, 0.29) is 11.1 Å². The molecule has 0 atom stereocenters. The lowest BCUT2D eigenvalue weighted by Gasteiger charge is -2.41. The zero-order valence-electron chi connectivity index (χ0n) is 12.2. The third-order valence-corrected chi connectivity index (χ3v) is 6.71. The molecule has 2 fully saturated rings. The fraction of sp³-hybridized carbons (Fsp3) is 0.923. The molecule has 116 valence electrons. The van der Waals surface area contributed by atoms with Gasteiger partial charge in [-0.1, -0.05) is 19.3 Å². The Morgan fingerprint density at radius 1 is 1.25 bits per heavy atom. The van der Waals surface area contributed by atoms with Gasteiger partial charge in [0.2, 0.25) is 10.0 Å². The van der Waals surface area contributed by atoms with Crippen LogP contribution in [0.25, 0.3) is 0 Å². The maximum atomic E-state index is 12.6. The van der Waals surface area contributed by atoms with Crippen LogP contribution in [-0.4, -0.2) is 50.1 Å². The van der Waals surface area contributed by atoms with Gasteiger partial charge in [0.05, 0.1) is 10.8 Å². The highest BCUT2D eigenvalue weighted by atomic mass is 32.2. The second-order valence-electron chi connectivity index (χ2n) is 6.21. The van der Waals surface area contributed by atoms with Crippen molar-refractivity contribution >= 4 is 15.9 Å². The Labute approximate surface area is 121 Å². The van der Waals surface area contributed by atoms with Gasteiger partial charge in [0.25, 0.3) is 0 Å². The van der Waals surface area contributed by atoms with Gasteiger partial charge in [0.15, 0.2) is 0 Å². The molecule has 1 saturated heterocycles. The Bertz CT molecular complexity index is 449. The van der Waals surface area contributed by atoms with Crippen molar-refractivity contribution in [2.75, 3.05) is 20.1 Å². The van der Waals surface area contributed by atoms with Crippen LogP contribution in [0.5, 0.6) is 0 Å². The number of likely N-dealkylation sites (tertiary alicyclic amines) is 1. The maximum absolute atomic E-state index is 12.6. The SMILES string of the molecule is CN1CCC(NS(=O)(=O)C2CCCCC2)(C(=N)N)CC1. The summed E-state index contributed by atoms with van der Waals surface area (Å²) in [6.07, 6.45) is 5.67. The lowest BCUT2D eigenvalue weighted by molar-refractivity contribution is 0.218. The van der Waals surface area contributed by atoms with E-state index < -0.39 is 15.6 Å². The summed E-state index contributed by atoms with van der Waals surface area (Å²) in [6, 6.07) is 0. The van der Waals surface area contributed by atoms with Crippen LogP contribution in [0.1, 0.15) is 44.9 Å². The van der Waals surface area contributed by atoms with Gasteiger partial charge >= 0.3 is 0 Å². The summed E-state index contributed by atoms with van der Waals surface area (Å²) < 4.78 is 27.9. The zero-order valence-corrected chi connectivity index (χ0v) is 13.0. The predicted octanol–water partition coefficient (Wildman–Crippen LogP) is 0.639. The minimum Gasteiger partial charge on any atom is -0.386 e. The van der Waals surface area contributed by atoms with E-state index in [1.165, 1.54) is 0 Å². The molecule has 0 spiro atoms. The van der Waals surface area contributed by atoms with E-state index in [1.807, 2.05) is 7.05 Å². The molecule has 0 aromatic heterocycles. The van der Waals surface area contributed by atoms with Crippen LogP contribution >= 0.6 is 0 Å². The number of piperidine rings is 1. The van der Waals surface area contributed by atoms with Gasteiger partial charge in [-0.3, -0.25) is 5.41 Å². The van der Waals surface area contributed by atoms with Gasteiger partial charge in [-0.25, -0.2) is 13.1 Å². The van der Waals surface area contributed by atoms with E-state index in [2.05, 4.69) is 9.62 Å². The molecule has 20 heavy (non-hydrogen) atoms. The Morgan fingerprint density at radius 2 is 1.80 bits per heavy atom. The Morgan fingerprint density at radius 3 is 2.30 bits per heavy atom. The molecule has 2 aliphatic rings. The summed E-state index contributed by atoms with van der Waals surface area (Å²) >= 11 is 0. The summed E-state index contributed by atoms with van der Waals surface area (Å²) in [6.45, 7) is 1.51. The van der Waals surface area contributed by atoms with Gasteiger partial charge in [-0.2, -0.15) is 0 Å². The molecule has 0 amide bonds. The lowest BCUT2D eigenvalue weighted by atomic mass is 9.88. The first-order valence-electron chi connectivity index (χ1n) is 7.42. The quantitative estimate of drug-likeness (QED) is 0.524. The molecular formula is C13H26N4O2S. The first kappa shape index (κ1) is 15.7.